The summed E-state index contributed by atoms with van der Waals surface area (Å²) in [6.07, 6.45) is 0.878. The van der Waals surface area contributed by atoms with Gasteiger partial charge in [0.1, 0.15) is 0 Å². The molecule has 0 bridgehead atoms. The van der Waals surface area contributed by atoms with Crippen LogP contribution in [0.1, 0.15) is 46.6 Å². The van der Waals surface area contributed by atoms with E-state index in [1.807, 2.05) is 0 Å². The molecule has 0 saturated heterocycles. The Morgan fingerprint density at radius 3 is 2.11 bits per heavy atom. The predicted molar refractivity (Wildman–Crippen MR) is 82.5 cm³/mol. The number of ether oxygens (including phenoxy) is 1. The Balaban J connectivity index is 2.35. The largest absolute Gasteiger partial charge is 0.376 e. The highest BCUT2D eigenvalue weighted by atomic mass is 32.2. The van der Waals surface area contributed by atoms with Gasteiger partial charge in [-0.05, 0) is 53.7 Å². The summed E-state index contributed by atoms with van der Waals surface area (Å²) in [5, 5.41) is 0. The van der Waals surface area contributed by atoms with Crippen molar-refractivity contribution in [3.05, 3.63) is 29.8 Å². The molecule has 0 N–H and O–H groups in total. The van der Waals surface area contributed by atoms with Crippen molar-refractivity contribution < 1.29 is 8.92 Å². The van der Waals surface area contributed by atoms with Crippen LogP contribution < -0.4 is 0 Å². The SMILES string of the molecule is Cc1ccc(SOC(C)(C)CCOC(C)(C)C)cc1. The Kier molecular flexibility index (Phi) is 5.90. The van der Waals surface area contributed by atoms with Crippen molar-refractivity contribution in [3.8, 4) is 0 Å². The molecule has 108 valence electrons. The molecule has 0 aliphatic rings. The molecular formula is C16H26O2S. The van der Waals surface area contributed by atoms with Gasteiger partial charge in [-0.15, -0.1) is 0 Å². The van der Waals surface area contributed by atoms with Crippen molar-refractivity contribution in [2.24, 2.45) is 0 Å². The molecular weight excluding hydrogens is 256 g/mol. The molecule has 0 aromatic heterocycles. The van der Waals surface area contributed by atoms with Gasteiger partial charge in [0.25, 0.3) is 0 Å². The third-order valence-corrected chi connectivity index (χ3v) is 3.62. The fourth-order valence-electron chi connectivity index (χ4n) is 1.40. The van der Waals surface area contributed by atoms with Gasteiger partial charge < -0.3 is 8.92 Å². The van der Waals surface area contributed by atoms with E-state index in [1.54, 1.807) is 0 Å². The highest BCUT2D eigenvalue weighted by Crippen LogP contribution is 2.28. The fourth-order valence-corrected chi connectivity index (χ4v) is 2.05. The second-order valence-corrected chi connectivity index (χ2v) is 7.25. The smallest absolute Gasteiger partial charge is 0.0799 e. The minimum absolute atomic E-state index is 0.0832. The van der Waals surface area contributed by atoms with Crippen LogP contribution in [0.25, 0.3) is 0 Å². The third-order valence-electron chi connectivity index (χ3n) is 2.62. The molecule has 0 unspecified atom stereocenters. The van der Waals surface area contributed by atoms with E-state index in [0.29, 0.717) is 6.61 Å². The van der Waals surface area contributed by atoms with Crippen LogP contribution in [0.2, 0.25) is 0 Å². The van der Waals surface area contributed by atoms with Gasteiger partial charge >= 0.3 is 0 Å². The third kappa shape index (κ3) is 7.61. The number of aryl methyl sites for hydroxylation is 1. The molecule has 0 saturated carbocycles. The van der Waals surface area contributed by atoms with Crippen LogP contribution >= 0.6 is 12.0 Å². The Bertz CT molecular complexity index is 377. The molecule has 0 amide bonds. The molecule has 2 nitrogen and oxygen atoms in total. The van der Waals surface area contributed by atoms with Gasteiger partial charge in [-0.2, -0.15) is 0 Å². The molecule has 0 atom stereocenters. The number of hydrogen-bond acceptors (Lipinski definition) is 3. The van der Waals surface area contributed by atoms with Crippen molar-refractivity contribution >= 4 is 12.0 Å². The van der Waals surface area contributed by atoms with Crippen LogP contribution in [0.15, 0.2) is 29.2 Å². The molecule has 0 spiro atoms. The Morgan fingerprint density at radius 2 is 1.58 bits per heavy atom. The van der Waals surface area contributed by atoms with E-state index in [0.717, 1.165) is 11.3 Å². The van der Waals surface area contributed by atoms with Crippen LogP contribution in [0.4, 0.5) is 0 Å². The Labute approximate surface area is 122 Å². The van der Waals surface area contributed by atoms with E-state index in [2.05, 4.69) is 65.8 Å². The Morgan fingerprint density at radius 1 is 1.00 bits per heavy atom. The average molecular weight is 282 g/mol. The van der Waals surface area contributed by atoms with E-state index in [-0.39, 0.29) is 11.2 Å². The van der Waals surface area contributed by atoms with E-state index < -0.39 is 0 Å². The quantitative estimate of drug-likeness (QED) is 0.684. The van der Waals surface area contributed by atoms with E-state index >= 15 is 0 Å². The lowest BCUT2D eigenvalue weighted by molar-refractivity contribution is -0.0258. The molecule has 0 fully saturated rings. The standard InChI is InChI=1S/C16H26O2S/c1-13-7-9-14(10-8-13)19-18-16(5,6)11-12-17-15(2,3)4/h7-10H,11-12H2,1-6H3. The fraction of sp³-hybridized carbons (Fsp3) is 0.625. The normalized spacial score (nSPS) is 12.7. The summed E-state index contributed by atoms with van der Waals surface area (Å²) in [6.45, 7) is 13.2. The Hall–Kier alpha value is -0.510. The zero-order valence-electron chi connectivity index (χ0n) is 12.9. The highest BCUT2D eigenvalue weighted by molar-refractivity contribution is 7.94. The van der Waals surface area contributed by atoms with Crippen LogP contribution in [0.3, 0.4) is 0 Å². The first kappa shape index (κ1) is 16.5. The lowest BCUT2D eigenvalue weighted by atomic mass is 10.1. The second kappa shape index (κ2) is 6.78. The predicted octanol–water partition coefficient (Wildman–Crippen LogP) is 5.00. The molecule has 19 heavy (non-hydrogen) atoms. The zero-order chi connectivity index (χ0) is 14.5. The topological polar surface area (TPSA) is 18.5 Å². The van der Waals surface area contributed by atoms with Gasteiger partial charge in [0, 0.05) is 23.4 Å². The molecule has 0 aliphatic carbocycles. The lowest BCUT2D eigenvalue weighted by Gasteiger charge is -2.26. The van der Waals surface area contributed by atoms with Crippen molar-refractivity contribution in [1.82, 2.24) is 0 Å². The van der Waals surface area contributed by atoms with Crippen LogP contribution in [-0.2, 0) is 8.92 Å². The summed E-state index contributed by atoms with van der Waals surface area (Å²) >= 11 is 1.44. The minimum Gasteiger partial charge on any atom is -0.376 e. The molecule has 1 rings (SSSR count). The molecule has 3 heteroatoms. The first-order valence-electron chi connectivity index (χ1n) is 6.74. The number of rotatable bonds is 6. The van der Waals surface area contributed by atoms with Gasteiger partial charge in [-0.3, -0.25) is 0 Å². The number of benzene rings is 1. The van der Waals surface area contributed by atoms with Crippen molar-refractivity contribution in [2.75, 3.05) is 6.61 Å². The summed E-state index contributed by atoms with van der Waals surface area (Å²) < 4.78 is 11.7. The van der Waals surface area contributed by atoms with Crippen LogP contribution in [-0.4, -0.2) is 17.8 Å². The molecule has 0 heterocycles. The van der Waals surface area contributed by atoms with E-state index in [4.69, 9.17) is 8.92 Å². The van der Waals surface area contributed by atoms with Gasteiger partial charge in [-0.25, -0.2) is 0 Å². The maximum atomic E-state index is 5.91. The molecule has 1 aromatic rings. The van der Waals surface area contributed by atoms with Crippen LogP contribution in [0, 0.1) is 6.92 Å². The first-order chi connectivity index (χ1) is 8.68. The highest BCUT2D eigenvalue weighted by Gasteiger charge is 2.21. The lowest BCUT2D eigenvalue weighted by Crippen LogP contribution is -2.27. The maximum absolute atomic E-state index is 5.91. The van der Waals surface area contributed by atoms with Crippen molar-refractivity contribution in [1.29, 1.82) is 0 Å². The summed E-state index contributed by atoms with van der Waals surface area (Å²) in [4.78, 5) is 1.13. The van der Waals surface area contributed by atoms with E-state index in [9.17, 15) is 0 Å². The monoisotopic (exact) mass is 282 g/mol. The van der Waals surface area contributed by atoms with Gasteiger partial charge in [0.05, 0.1) is 17.8 Å². The second-order valence-electron chi connectivity index (χ2n) is 6.45. The summed E-state index contributed by atoms with van der Waals surface area (Å²) in [7, 11) is 0. The van der Waals surface area contributed by atoms with Gasteiger partial charge in [-0.1, -0.05) is 17.7 Å². The maximum Gasteiger partial charge on any atom is 0.0799 e. The molecule has 1 aromatic carbocycles. The zero-order valence-corrected chi connectivity index (χ0v) is 13.8. The van der Waals surface area contributed by atoms with Crippen molar-refractivity contribution in [2.45, 2.75) is 64.1 Å². The minimum atomic E-state index is -0.194. The number of hydrogen-bond donors (Lipinski definition) is 0. The summed E-state index contributed by atoms with van der Waals surface area (Å²) in [6, 6.07) is 8.37. The van der Waals surface area contributed by atoms with Gasteiger partial charge in [0.15, 0.2) is 0 Å². The first-order valence-corrected chi connectivity index (χ1v) is 7.48. The van der Waals surface area contributed by atoms with Gasteiger partial charge in [0.2, 0.25) is 0 Å². The van der Waals surface area contributed by atoms with Crippen LogP contribution in [0.5, 0.6) is 0 Å². The summed E-state index contributed by atoms with van der Waals surface area (Å²) in [5.41, 5.74) is 0.989. The average Bonchev–Trinajstić information content (AvgIpc) is 2.26. The molecule has 0 aliphatic heterocycles. The van der Waals surface area contributed by atoms with E-state index in [1.165, 1.54) is 17.6 Å². The van der Waals surface area contributed by atoms with Crippen molar-refractivity contribution in [3.63, 3.8) is 0 Å². The molecule has 0 radical (unpaired) electrons. The summed E-state index contributed by atoms with van der Waals surface area (Å²) in [5.74, 6) is 0.